The molecule has 0 unspecified atom stereocenters. The molecule has 0 aliphatic rings. The predicted molar refractivity (Wildman–Crippen MR) is 68.3 cm³/mol. The smallest absolute Gasteiger partial charge is 0.240 e. The highest BCUT2D eigenvalue weighted by Gasteiger charge is 2.33. The van der Waals surface area contributed by atoms with Crippen LogP contribution in [0.4, 0.5) is 13.2 Å². The van der Waals surface area contributed by atoms with Crippen molar-refractivity contribution in [3.63, 3.8) is 0 Å². The Balaban J connectivity index is 2.55. The van der Waals surface area contributed by atoms with Crippen molar-refractivity contribution in [3.8, 4) is 5.69 Å². The molecule has 0 radical (unpaired) electrons. The third kappa shape index (κ3) is 2.81. The van der Waals surface area contributed by atoms with E-state index < -0.39 is 11.9 Å². The second-order valence-corrected chi connectivity index (χ2v) is 4.52. The van der Waals surface area contributed by atoms with Gasteiger partial charge in [0.15, 0.2) is 5.69 Å². The van der Waals surface area contributed by atoms with E-state index in [1.165, 1.54) is 6.20 Å². The van der Waals surface area contributed by atoms with Gasteiger partial charge in [0, 0.05) is 16.8 Å². The molecular weight excluding hydrogens is 277 g/mol. The maximum Gasteiger partial charge on any atom is 0.435 e. The minimum atomic E-state index is -4.47. The van der Waals surface area contributed by atoms with E-state index in [9.17, 15) is 13.2 Å². The van der Waals surface area contributed by atoms with Gasteiger partial charge in [-0.25, -0.2) is 4.68 Å². The van der Waals surface area contributed by atoms with Crippen molar-refractivity contribution in [2.24, 2.45) is 0 Å². The van der Waals surface area contributed by atoms with Gasteiger partial charge in [0.1, 0.15) is 0 Å². The van der Waals surface area contributed by atoms with E-state index in [1.807, 2.05) is 0 Å². The number of hydrogen-bond acceptors (Lipinski definition) is 1. The summed E-state index contributed by atoms with van der Waals surface area (Å²) in [4.78, 5) is 0. The van der Waals surface area contributed by atoms with Crippen LogP contribution in [0.2, 0.25) is 5.02 Å². The maximum atomic E-state index is 12.5. The highest BCUT2D eigenvalue weighted by molar-refractivity contribution is 6.30. The van der Waals surface area contributed by atoms with Gasteiger partial charge < -0.3 is 0 Å². The molecule has 1 aromatic carbocycles. The summed E-state index contributed by atoms with van der Waals surface area (Å²) in [5, 5.41) is 3.95. The number of benzene rings is 1. The number of nitrogens with zero attached hydrogens (tertiary/aromatic N) is 2. The molecule has 19 heavy (non-hydrogen) atoms. The van der Waals surface area contributed by atoms with E-state index in [4.69, 9.17) is 11.6 Å². The topological polar surface area (TPSA) is 17.8 Å². The minimum absolute atomic E-state index is 0.420. The fraction of sp³-hybridized carbons (Fsp3) is 0.154. The zero-order valence-corrected chi connectivity index (χ0v) is 10.8. The second kappa shape index (κ2) is 4.74. The van der Waals surface area contributed by atoms with E-state index in [2.05, 4.69) is 11.7 Å². The number of allylic oxidation sites excluding steroid dienone is 1. The van der Waals surface area contributed by atoms with Crippen molar-refractivity contribution in [1.82, 2.24) is 9.78 Å². The van der Waals surface area contributed by atoms with E-state index >= 15 is 0 Å². The first-order chi connectivity index (χ1) is 8.79. The molecule has 1 heterocycles. The summed E-state index contributed by atoms with van der Waals surface area (Å²) < 4.78 is 38.8. The lowest BCUT2D eigenvalue weighted by atomic mass is 10.1. The third-order valence-corrected chi connectivity index (χ3v) is 2.78. The quantitative estimate of drug-likeness (QED) is 0.790. The average molecular weight is 287 g/mol. The Morgan fingerprint density at radius 3 is 2.53 bits per heavy atom. The van der Waals surface area contributed by atoms with E-state index in [0.717, 1.165) is 16.3 Å². The van der Waals surface area contributed by atoms with Crippen molar-refractivity contribution < 1.29 is 13.2 Å². The largest absolute Gasteiger partial charge is 0.435 e. The van der Waals surface area contributed by atoms with Gasteiger partial charge in [-0.2, -0.15) is 18.3 Å². The molecule has 2 rings (SSSR count). The Hall–Kier alpha value is -1.75. The van der Waals surface area contributed by atoms with Gasteiger partial charge >= 0.3 is 6.18 Å². The lowest BCUT2D eigenvalue weighted by molar-refractivity contribution is -0.141. The average Bonchev–Trinajstić information content (AvgIpc) is 2.77. The van der Waals surface area contributed by atoms with Gasteiger partial charge in [-0.3, -0.25) is 0 Å². The summed E-state index contributed by atoms with van der Waals surface area (Å²) in [7, 11) is 0. The Bertz CT molecular complexity index is 629. The Labute approximate surface area is 113 Å². The van der Waals surface area contributed by atoms with Crippen LogP contribution in [0.1, 0.15) is 18.2 Å². The Morgan fingerprint density at radius 1 is 1.32 bits per heavy atom. The molecule has 0 aliphatic carbocycles. The van der Waals surface area contributed by atoms with Gasteiger partial charge in [0.25, 0.3) is 0 Å². The highest BCUT2D eigenvalue weighted by Crippen LogP contribution is 2.30. The van der Waals surface area contributed by atoms with E-state index in [-0.39, 0.29) is 0 Å². The number of aromatic nitrogens is 2. The first-order valence-electron chi connectivity index (χ1n) is 5.37. The Kier molecular flexibility index (Phi) is 3.41. The molecule has 0 aliphatic heterocycles. The highest BCUT2D eigenvalue weighted by atomic mass is 35.5. The predicted octanol–water partition coefficient (Wildman–Crippen LogP) is 4.58. The molecule has 100 valence electrons. The molecular formula is C13H10ClF3N2. The summed E-state index contributed by atoms with van der Waals surface area (Å²) in [6, 6.07) is 5.83. The van der Waals surface area contributed by atoms with Crippen LogP contribution in [0, 0.1) is 0 Å². The van der Waals surface area contributed by atoms with E-state index in [0.29, 0.717) is 16.3 Å². The van der Waals surface area contributed by atoms with Crippen molar-refractivity contribution in [1.29, 1.82) is 0 Å². The van der Waals surface area contributed by atoms with Crippen LogP contribution in [0.25, 0.3) is 11.3 Å². The second-order valence-electron chi connectivity index (χ2n) is 4.09. The molecule has 2 aromatic rings. The number of alkyl halides is 3. The normalized spacial score (nSPS) is 11.6. The van der Waals surface area contributed by atoms with Crippen LogP contribution in [-0.4, -0.2) is 9.78 Å². The molecule has 0 saturated carbocycles. The zero-order chi connectivity index (χ0) is 14.2. The van der Waals surface area contributed by atoms with Crippen LogP contribution in [0.5, 0.6) is 0 Å². The van der Waals surface area contributed by atoms with Gasteiger partial charge in [-0.15, -0.1) is 0 Å². The first-order valence-corrected chi connectivity index (χ1v) is 5.75. The lowest BCUT2D eigenvalue weighted by Gasteiger charge is -2.10. The minimum Gasteiger partial charge on any atom is -0.240 e. The van der Waals surface area contributed by atoms with Gasteiger partial charge in [0.2, 0.25) is 0 Å². The van der Waals surface area contributed by atoms with Crippen molar-refractivity contribution in [2.45, 2.75) is 13.1 Å². The molecule has 0 spiro atoms. The maximum absolute atomic E-state index is 12.5. The fourth-order valence-corrected chi connectivity index (χ4v) is 1.83. The summed E-state index contributed by atoms with van der Waals surface area (Å²) in [5.41, 5.74) is 0.938. The van der Waals surface area contributed by atoms with E-state index in [1.54, 1.807) is 25.1 Å². The van der Waals surface area contributed by atoms with Crippen LogP contribution < -0.4 is 0 Å². The molecule has 0 bridgehead atoms. The summed E-state index contributed by atoms with van der Waals surface area (Å²) in [6.45, 7) is 5.56. The van der Waals surface area contributed by atoms with Crippen molar-refractivity contribution >= 4 is 17.2 Å². The molecule has 6 heteroatoms. The van der Waals surface area contributed by atoms with Gasteiger partial charge in [0.05, 0.1) is 5.69 Å². The van der Waals surface area contributed by atoms with Crippen LogP contribution in [-0.2, 0) is 6.18 Å². The standard InChI is InChI=1S/C13H10ClF3N2/c1-8(2)10-4-3-9(14)7-11(10)19-6-5-12(18-19)13(15,16)17/h3-7H,1H2,2H3. The third-order valence-electron chi connectivity index (χ3n) is 2.55. The van der Waals surface area contributed by atoms with Crippen molar-refractivity contribution in [2.75, 3.05) is 0 Å². The Morgan fingerprint density at radius 2 is 2.00 bits per heavy atom. The molecule has 0 N–H and O–H groups in total. The van der Waals surface area contributed by atoms with Gasteiger partial charge in [-0.1, -0.05) is 24.2 Å². The molecule has 2 nitrogen and oxygen atoms in total. The first kappa shape index (κ1) is 13.7. The lowest BCUT2D eigenvalue weighted by Crippen LogP contribution is -2.08. The fourth-order valence-electron chi connectivity index (χ4n) is 1.66. The monoisotopic (exact) mass is 286 g/mol. The molecule has 0 atom stereocenters. The molecule has 0 fully saturated rings. The molecule has 1 aromatic heterocycles. The summed E-state index contributed by atoms with van der Waals surface area (Å²) >= 11 is 5.88. The number of rotatable bonds is 2. The number of halogens is 4. The summed E-state index contributed by atoms with van der Waals surface area (Å²) in [5.74, 6) is 0. The van der Waals surface area contributed by atoms with Crippen molar-refractivity contribution in [3.05, 3.63) is 53.3 Å². The molecule has 0 amide bonds. The molecule has 0 saturated heterocycles. The summed E-state index contributed by atoms with van der Waals surface area (Å²) in [6.07, 6.45) is -3.21. The SMILES string of the molecule is C=C(C)c1ccc(Cl)cc1-n1ccc(C(F)(F)F)n1. The zero-order valence-electron chi connectivity index (χ0n) is 10.0. The van der Waals surface area contributed by atoms with Crippen LogP contribution in [0.15, 0.2) is 37.0 Å². The van der Waals surface area contributed by atoms with Gasteiger partial charge in [-0.05, 0) is 30.7 Å². The number of hydrogen-bond donors (Lipinski definition) is 0. The van der Waals surface area contributed by atoms with Crippen LogP contribution in [0.3, 0.4) is 0 Å². The van der Waals surface area contributed by atoms with Crippen LogP contribution >= 0.6 is 11.6 Å².